The van der Waals surface area contributed by atoms with Gasteiger partial charge >= 0.3 is 0 Å². The summed E-state index contributed by atoms with van der Waals surface area (Å²) in [4.78, 5) is 0. The average Bonchev–Trinajstić information content (AvgIpc) is 2.40. The van der Waals surface area contributed by atoms with Gasteiger partial charge < -0.3 is 10.5 Å². The van der Waals surface area contributed by atoms with Gasteiger partial charge in [0.15, 0.2) is 0 Å². The molecule has 0 amide bonds. The molecule has 0 aromatic heterocycles. The first-order valence-corrected chi connectivity index (χ1v) is 6.80. The lowest BCUT2D eigenvalue weighted by Gasteiger charge is -2.08. The van der Waals surface area contributed by atoms with E-state index >= 15 is 0 Å². The van der Waals surface area contributed by atoms with Crippen LogP contribution >= 0.6 is 23.2 Å². The van der Waals surface area contributed by atoms with Crippen LogP contribution in [0.25, 0.3) is 0 Å². The van der Waals surface area contributed by atoms with E-state index < -0.39 is 0 Å². The SMILES string of the molecule is NCCc1ccc(OCc2ccc(Cl)cc2Cl)cc1. The molecule has 0 unspecified atom stereocenters. The Morgan fingerprint density at radius 2 is 1.74 bits per heavy atom. The van der Waals surface area contributed by atoms with Gasteiger partial charge in [0.2, 0.25) is 0 Å². The molecule has 0 saturated heterocycles. The van der Waals surface area contributed by atoms with Crippen molar-refractivity contribution in [3.05, 3.63) is 63.6 Å². The zero-order chi connectivity index (χ0) is 13.7. The minimum absolute atomic E-state index is 0.423. The molecule has 0 fully saturated rings. The van der Waals surface area contributed by atoms with Crippen LogP contribution in [0, 0.1) is 0 Å². The van der Waals surface area contributed by atoms with Gasteiger partial charge in [0, 0.05) is 15.6 Å². The monoisotopic (exact) mass is 295 g/mol. The number of hydrogen-bond acceptors (Lipinski definition) is 2. The summed E-state index contributed by atoms with van der Waals surface area (Å²) in [5.41, 5.74) is 7.63. The van der Waals surface area contributed by atoms with E-state index in [1.807, 2.05) is 30.3 Å². The molecule has 0 bridgehead atoms. The summed E-state index contributed by atoms with van der Waals surface area (Å²) in [6, 6.07) is 13.3. The second-order valence-corrected chi connectivity index (χ2v) is 5.05. The van der Waals surface area contributed by atoms with E-state index in [-0.39, 0.29) is 0 Å². The summed E-state index contributed by atoms with van der Waals surface area (Å²) in [5, 5.41) is 1.24. The number of hydrogen-bond donors (Lipinski definition) is 1. The summed E-state index contributed by atoms with van der Waals surface area (Å²) in [5.74, 6) is 0.812. The second kappa shape index (κ2) is 6.80. The first kappa shape index (κ1) is 14.2. The van der Waals surface area contributed by atoms with E-state index in [9.17, 15) is 0 Å². The molecular weight excluding hydrogens is 281 g/mol. The molecule has 100 valence electrons. The Bertz CT molecular complexity index is 540. The third-order valence-corrected chi connectivity index (χ3v) is 3.35. The van der Waals surface area contributed by atoms with Crippen molar-refractivity contribution in [1.82, 2.24) is 0 Å². The Morgan fingerprint density at radius 3 is 2.37 bits per heavy atom. The maximum Gasteiger partial charge on any atom is 0.119 e. The fraction of sp³-hybridized carbons (Fsp3) is 0.200. The number of rotatable bonds is 5. The molecule has 2 aromatic carbocycles. The zero-order valence-electron chi connectivity index (χ0n) is 10.4. The molecule has 0 heterocycles. The molecule has 0 radical (unpaired) electrons. The van der Waals surface area contributed by atoms with Gasteiger partial charge in [-0.15, -0.1) is 0 Å². The van der Waals surface area contributed by atoms with Crippen molar-refractivity contribution in [2.24, 2.45) is 5.73 Å². The Hall–Kier alpha value is -1.22. The van der Waals surface area contributed by atoms with Crippen LogP contribution in [0.4, 0.5) is 0 Å². The normalized spacial score (nSPS) is 10.5. The van der Waals surface area contributed by atoms with E-state index in [1.54, 1.807) is 12.1 Å². The van der Waals surface area contributed by atoms with Crippen molar-refractivity contribution < 1.29 is 4.74 Å². The molecule has 0 aliphatic heterocycles. The predicted molar refractivity (Wildman–Crippen MR) is 80.0 cm³/mol. The molecular formula is C15H15Cl2NO. The fourth-order valence-corrected chi connectivity index (χ4v) is 2.18. The van der Waals surface area contributed by atoms with Gasteiger partial charge in [-0.3, -0.25) is 0 Å². The average molecular weight is 296 g/mol. The van der Waals surface area contributed by atoms with Crippen molar-refractivity contribution in [2.45, 2.75) is 13.0 Å². The third kappa shape index (κ3) is 4.13. The lowest BCUT2D eigenvalue weighted by atomic mass is 10.1. The van der Waals surface area contributed by atoms with Crippen LogP contribution in [0.3, 0.4) is 0 Å². The molecule has 0 spiro atoms. The lowest BCUT2D eigenvalue weighted by Crippen LogP contribution is -2.02. The van der Waals surface area contributed by atoms with Crippen molar-refractivity contribution >= 4 is 23.2 Å². The molecule has 0 aliphatic carbocycles. The summed E-state index contributed by atoms with van der Waals surface area (Å²) in [6.07, 6.45) is 0.878. The highest BCUT2D eigenvalue weighted by atomic mass is 35.5. The molecule has 0 aliphatic rings. The minimum Gasteiger partial charge on any atom is -0.489 e. The molecule has 2 N–H and O–H groups in total. The van der Waals surface area contributed by atoms with Crippen LogP contribution < -0.4 is 10.5 Å². The lowest BCUT2D eigenvalue weighted by molar-refractivity contribution is 0.306. The fourth-order valence-electron chi connectivity index (χ4n) is 1.72. The Labute approximate surface area is 123 Å². The number of halogens is 2. The van der Waals surface area contributed by atoms with Gasteiger partial charge in [0.25, 0.3) is 0 Å². The highest BCUT2D eigenvalue weighted by molar-refractivity contribution is 6.35. The smallest absolute Gasteiger partial charge is 0.119 e. The van der Waals surface area contributed by atoms with Crippen molar-refractivity contribution in [3.8, 4) is 5.75 Å². The molecule has 0 saturated carbocycles. The van der Waals surface area contributed by atoms with Gasteiger partial charge in [-0.05, 0) is 42.8 Å². The summed E-state index contributed by atoms with van der Waals surface area (Å²) >= 11 is 11.9. The second-order valence-electron chi connectivity index (χ2n) is 4.21. The summed E-state index contributed by atoms with van der Waals surface area (Å²) < 4.78 is 5.69. The summed E-state index contributed by atoms with van der Waals surface area (Å²) in [7, 11) is 0. The molecule has 19 heavy (non-hydrogen) atoms. The highest BCUT2D eigenvalue weighted by Crippen LogP contribution is 2.22. The molecule has 2 rings (SSSR count). The van der Waals surface area contributed by atoms with Gasteiger partial charge in [0.05, 0.1) is 0 Å². The quantitative estimate of drug-likeness (QED) is 0.902. The van der Waals surface area contributed by atoms with Crippen LogP contribution in [0.15, 0.2) is 42.5 Å². The largest absolute Gasteiger partial charge is 0.489 e. The molecule has 2 nitrogen and oxygen atoms in total. The maximum absolute atomic E-state index is 6.08. The Balaban J connectivity index is 1.98. The topological polar surface area (TPSA) is 35.2 Å². The van der Waals surface area contributed by atoms with Crippen LogP contribution in [-0.2, 0) is 13.0 Å². The van der Waals surface area contributed by atoms with E-state index in [4.69, 9.17) is 33.7 Å². The van der Waals surface area contributed by atoms with E-state index in [1.165, 1.54) is 5.56 Å². The minimum atomic E-state index is 0.423. The first-order chi connectivity index (χ1) is 9.19. The number of benzene rings is 2. The van der Waals surface area contributed by atoms with Gasteiger partial charge in [-0.1, -0.05) is 41.4 Å². The zero-order valence-corrected chi connectivity index (χ0v) is 11.9. The van der Waals surface area contributed by atoms with Crippen molar-refractivity contribution in [1.29, 1.82) is 0 Å². The number of nitrogens with two attached hydrogens (primary N) is 1. The van der Waals surface area contributed by atoms with Gasteiger partial charge in [-0.25, -0.2) is 0 Å². The number of ether oxygens (including phenoxy) is 1. The van der Waals surface area contributed by atoms with E-state index in [0.29, 0.717) is 23.2 Å². The molecule has 2 aromatic rings. The van der Waals surface area contributed by atoms with Gasteiger partial charge in [0.1, 0.15) is 12.4 Å². The van der Waals surface area contributed by atoms with Crippen LogP contribution in [-0.4, -0.2) is 6.54 Å². The molecule has 4 heteroatoms. The standard InChI is InChI=1S/C15H15Cl2NO/c16-13-4-3-12(15(17)9-13)10-19-14-5-1-11(2-6-14)7-8-18/h1-6,9H,7-8,10,18H2. The van der Waals surface area contributed by atoms with E-state index in [2.05, 4.69) is 0 Å². The van der Waals surface area contributed by atoms with Gasteiger partial charge in [-0.2, -0.15) is 0 Å². The van der Waals surface area contributed by atoms with Crippen LogP contribution in [0.1, 0.15) is 11.1 Å². The maximum atomic E-state index is 6.08. The van der Waals surface area contributed by atoms with Crippen LogP contribution in [0.2, 0.25) is 10.0 Å². The van der Waals surface area contributed by atoms with Crippen LogP contribution in [0.5, 0.6) is 5.75 Å². The Morgan fingerprint density at radius 1 is 1.00 bits per heavy atom. The first-order valence-electron chi connectivity index (χ1n) is 6.05. The van der Waals surface area contributed by atoms with E-state index in [0.717, 1.165) is 17.7 Å². The predicted octanol–water partition coefficient (Wildman–Crippen LogP) is 4.07. The summed E-state index contributed by atoms with van der Waals surface area (Å²) in [6.45, 7) is 1.08. The Kier molecular flexibility index (Phi) is 5.08. The van der Waals surface area contributed by atoms with Crippen molar-refractivity contribution in [3.63, 3.8) is 0 Å². The third-order valence-electron chi connectivity index (χ3n) is 2.77. The highest BCUT2D eigenvalue weighted by Gasteiger charge is 2.02. The van der Waals surface area contributed by atoms with Crippen molar-refractivity contribution in [2.75, 3.05) is 6.54 Å². The molecule has 0 atom stereocenters.